The number of carbonyl (C=O) groups excluding carboxylic acids is 1. The van der Waals surface area contributed by atoms with E-state index in [1.165, 1.54) is 0 Å². The molecule has 0 N–H and O–H groups in total. The molecular weight excluding hydrogens is 337 g/mol. The number of benzene rings is 3. The molecular formula is C23H22NOP. The standard InChI is InChI=1S/C23H22NOP/c1-2-3-19-23(25)24-26(20-13-7-4-8-14-20,21-15-9-5-10-16-21)22-17-11-6-12-18-22/h3-19H,2H2,1H3/b19-3+. The van der Waals surface area contributed by atoms with E-state index < -0.39 is 7.05 Å². The lowest BCUT2D eigenvalue weighted by atomic mass is 10.4. The van der Waals surface area contributed by atoms with Gasteiger partial charge in [0.15, 0.2) is 0 Å². The number of nitrogens with zero attached hydrogens (tertiary/aromatic N) is 1. The second kappa shape index (κ2) is 8.60. The summed E-state index contributed by atoms with van der Waals surface area (Å²) in [6.07, 6.45) is 4.26. The van der Waals surface area contributed by atoms with Crippen molar-refractivity contribution in [2.75, 3.05) is 0 Å². The summed E-state index contributed by atoms with van der Waals surface area (Å²) in [6.45, 7) is 2.01. The molecule has 0 bridgehead atoms. The average Bonchev–Trinajstić information content (AvgIpc) is 2.72. The van der Waals surface area contributed by atoms with Crippen LogP contribution < -0.4 is 15.9 Å². The summed E-state index contributed by atoms with van der Waals surface area (Å²) < 4.78 is 4.84. The van der Waals surface area contributed by atoms with Gasteiger partial charge in [-0.25, -0.2) is 4.74 Å². The highest BCUT2D eigenvalue weighted by atomic mass is 31.2. The molecule has 0 radical (unpaired) electrons. The molecule has 2 nitrogen and oxygen atoms in total. The van der Waals surface area contributed by atoms with Gasteiger partial charge in [0.2, 0.25) is 0 Å². The van der Waals surface area contributed by atoms with E-state index in [1.807, 2.05) is 67.6 Å². The Kier molecular flexibility index (Phi) is 5.99. The molecule has 0 aliphatic heterocycles. The Hall–Kier alpha value is -2.70. The number of rotatable bonds is 5. The maximum atomic E-state index is 12.7. The Morgan fingerprint density at radius 2 is 1.15 bits per heavy atom. The summed E-state index contributed by atoms with van der Waals surface area (Å²) >= 11 is 0. The van der Waals surface area contributed by atoms with Crippen molar-refractivity contribution in [3.8, 4) is 0 Å². The smallest absolute Gasteiger partial charge is 0.268 e. The Labute approximate surface area is 155 Å². The zero-order valence-electron chi connectivity index (χ0n) is 14.8. The first-order valence-corrected chi connectivity index (χ1v) is 10.5. The van der Waals surface area contributed by atoms with Crippen molar-refractivity contribution in [1.29, 1.82) is 0 Å². The minimum absolute atomic E-state index is 0.184. The lowest BCUT2D eigenvalue weighted by Gasteiger charge is -2.26. The molecule has 3 aromatic rings. The van der Waals surface area contributed by atoms with Gasteiger partial charge in [0, 0.05) is 22.0 Å². The van der Waals surface area contributed by atoms with Crippen LogP contribution in [0.1, 0.15) is 13.3 Å². The second-order valence-electron chi connectivity index (χ2n) is 5.89. The minimum Gasteiger partial charge on any atom is -0.268 e. The molecule has 0 heterocycles. The number of hydrogen-bond donors (Lipinski definition) is 0. The molecule has 0 aliphatic rings. The van der Waals surface area contributed by atoms with Gasteiger partial charge in [0.25, 0.3) is 5.91 Å². The van der Waals surface area contributed by atoms with Crippen LogP contribution in [-0.2, 0) is 4.79 Å². The SMILES string of the molecule is CC/C=C/C(=O)N=P(c1ccccc1)(c1ccccc1)c1ccccc1. The van der Waals surface area contributed by atoms with Gasteiger partial charge in [0.1, 0.15) is 0 Å². The van der Waals surface area contributed by atoms with Crippen LogP contribution in [0.25, 0.3) is 0 Å². The summed E-state index contributed by atoms with van der Waals surface area (Å²) in [5, 5.41) is 3.24. The van der Waals surface area contributed by atoms with E-state index in [-0.39, 0.29) is 5.91 Å². The van der Waals surface area contributed by atoms with E-state index in [9.17, 15) is 4.79 Å². The van der Waals surface area contributed by atoms with Crippen molar-refractivity contribution in [3.05, 3.63) is 103 Å². The van der Waals surface area contributed by atoms with Gasteiger partial charge in [-0.2, -0.15) is 0 Å². The van der Waals surface area contributed by atoms with E-state index in [1.54, 1.807) is 6.08 Å². The number of amides is 1. The molecule has 0 saturated carbocycles. The molecule has 0 unspecified atom stereocenters. The fourth-order valence-electron chi connectivity index (χ4n) is 2.95. The van der Waals surface area contributed by atoms with Crippen LogP contribution in [0.4, 0.5) is 0 Å². The molecule has 0 saturated heterocycles. The molecule has 0 aromatic heterocycles. The maximum Gasteiger partial charge on any atom is 0.268 e. The maximum absolute atomic E-state index is 12.7. The highest BCUT2D eigenvalue weighted by Crippen LogP contribution is 2.46. The summed E-state index contributed by atoms with van der Waals surface area (Å²) in [5.41, 5.74) is 0. The fourth-order valence-corrected chi connectivity index (χ4v) is 6.37. The quantitative estimate of drug-likeness (QED) is 0.481. The van der Waals surface area contributed by atoms with Crippen molar-refractivity contribution in [2.24, 2.45) is 4.74 Å². The fraction of sp³-hybridized carbons (Fsp3) is 0.0870. The molecule has 0 aliphatic carbocycles. The molecule has 0 spiro atoms. The van der Waals surface area contributed by atoms with Crippen LogP contribution in [0.15, 0.2) is 108 Å². The largest absolute Gasteiger partial charge is 0.268 e. The van der Waals surface area contributed by atoms with Crippen LogP contribution in [0.2, 0.25) is 0 Å². The van der Waals surface area contributed by atoms with Crippen LogP contribution in [0, 0.1) is 0 Å². The third kappa shape index (κ3) is 3.76. The van der Waals surface area contributed by atoms with Gasteiger partial charge in [-0.3, -0.25) is 4.79 Å². The van der Waals surface area contributed by atoms with Gasteiger partial charge in [-0.1, -0.05) is 104 Å². The normalized spacial score (nSPS) is 11.4. The Morgan fingerprint density at radius 1 is 0.769 bits per heavy atom. The number of carbonyl (C=O) groups is 1. The first-order valence-electron chi connectivity index (χ1n) is 8.77. The summed E-state index contributed by atoms with van der Waals surface area (Å²) in [7, 11) is -2.43. The van der Waals surface area contributed by atoms with E-state index in [0.717, 1.165) is 22.3 Å². The van der Waals surface area contributed by atoms with Gasteiger partial charge in [0.05, 0.1) is 7.05 Å². The molecule has 3 aromatic carbocycles. The van der Waals surface area contributed by atoms with Crippen molar-refractivity contribution in [1.82, 2.24) is 0 Å². The topological polar surface area (TPSA) is 29.4 Å². The Morgan fingerprint density at radius 3 is 1.50 bits per heavy atom. The molecule has 26 heavy (non-hydrogen) atoms. The van der Waals surface area contributed by atoms with Gasteiger partial charge < -0.3 is 0 Å². The first-order chi connectivity index (χ1) is 12.8. The van der Waals surface area contributed by atoms with E-state index >= 15 is 0 Å². The minimum atomic E-state index is -2.43. The van der Waals surface area contributed by atoms with Gasteiger partial charge in [-0.05, 0) is 6.42 Å². The average molecular weight is 359 g/mol. The number of hydrogen-bond acceptors (Lipinski definition) is 1. The Bertz CT molecular complexity index is 828. The van der Waals surface area contributed by atoms with Crippen molar-refractivity contribution in [2.45, 2.75) is 13.3 Å². The molecule has 130 valence electrons. The number of allylic oxidation sites excluding steroid dienone is 1. The highest BCUT2D eigenvalue weighted by molar-refractivity contribution is 7.87. The zero-order valence-corrected chi connectivity index (χ0v) is 15.7. The zero-order chi connectivity index (χ0) is 18.2. The van der Waals surface area contributed by atoms with Crippen LogP contribution in [0.5, 0.6) is 0 Å². The molecule has 0 fully saturated rings. The van der Waals surface area contributed by atoms with Gasteiger partial charge >= 0.3 is 0 Å². The second-order valence-corrected chi connectivity index (χ2v) is 8.91. The van der Waals surface area contributed by atoms with E-state index in [0.29, 0.717) is 0 Å². The lowest BCUT2D eigenvalue weighted by molar-refractivity contribution is -0.113. The third-order valence-electron chi connectivity index (χ3n) is 4.13. The third-order valence-corrected chi connectivity index (χ3v) is 7.77. The molecule has 3 rings (SSSR count). The summed E-state index contributed by atoms with van der Waals surface area (Å²) in [5.74, 6) is -0.184. The molecule has 3 heteroatoms. The lowest BCUT2D eigenvalue weighted by Crippen LogP contribution is -2.26. The van der Waals surface area contributed by atoms with Crippen molar-refractivity contribution < 1.29 is 4.79 Å². The van der Waals surface area contributed by atoms with Crippen LogP contribution in [-0.4, -0.2) is 5.91 Å². The van der Waals surface area contributed by atoms with Gasteiger partial charge in [-0.15, -0.1) is 0 Å². The van der Waals surface area contributed by atoms with Crippen molar-refractivity contribution >= 4 is 28.9 Å². The predicted molar refractivity (Wildman–Crippen MR) is 112 cm³/mol. The summed E-state index contributed by atoms with van der Waals surface area (Å²) in [4.78, 5) is 12.7. The van der Waals surface area contributed by atoms with Crippen molar-refractivity contribution in [3.63, 3.8) is 0 Å². The monoisotopic (exact) mass is 359 g/mol. The molecule has 1 amide bonds. The predicted octanol–water partition coefficient (Wildman–Crippen LogP) is 4.66. The highest BCUT2D eigenvalue weighted by Gasteiger charge is 2.27. The van der Waals surface area contributed by atoms with E-state index in [4.69, 9.17) is 4.74 Å². The first kappa shape index (κ1) is 18.1. The van der Waals surface area contributed by atoms with E-state index in [2.05, 4.69) is 36.4 Å². The van der Waals surface area contributed by atoms with Crippen LogP contribution in [0.3, 0.4) is 0 Å². The molecule has 0 atom stereocenters. The van der Waals surface area contributed by atoms with Crippen LogP contribution >= 0.6 is 7.05 Å². The summed E-state index contributed by atoms with van der Waals surface area (Å²) in [6, 6.07) is 30.5. The Balaban J connectivity index is 2.38.